The first-order valence-corrected chi connectivity index (χ1v) is 4.44. The van der Waals surface area contributed by atoms with Crippen LogP contribution in [0.5, 0.6) is 0 Å². The van der Waals surface area contributed by atoms with Crippen LogP contribution >= 0.6 is 0 Å². The molecule has 0 rings (SSSR count). The van der Waals surface area contributed by atoms with Gasteiger partial charge in [-0.25, -0.2) is 0 Å². The molecular formula is C9H17N3O2. The molecule has 0 saturated heterocycles. The first kappa shape index (κ1) is 12.8. The average Bonchev–Trinajstić information content (AvgIpc) is 1.78. The van der Waals surface area contributed by atoms with Crippen molar-refractivity contribution >= 4 is 5.97 Å². The third-order valence-electron chi connectivity index (χ3n) is 1.59. The van der Waals surface area contributed by atoms with Crippen LogP contribution in [0.3, 0.4) is 0 Å². The Labute approximate surface area is 84.1 Å². The molecular weight excluding hydrogens is 182 g/mol. The van der Waals surface area contributed by atoms with E-state index < -0.39 is 11.1 Å². The number of azide groups is 1. The molecule has 0 aromatic heterocycles. The van der Waals surface area contributed by atoms with Gasteiger partial charge in [-0.15, -0.1) is 0 Å². The maximum atomic E-state index is 10.8. The zero-order valence-electron chi connectivity index (χ0n) is 9.37. The third kappa shape index (κ3) is 5.43. The fourth-order valence-electron chi connectivity index (χ4n) is 1.62. The molecule has 0 atom stereocenters. The van der Waals surface area contributed by atoms with Crippen LogP contribution < -0.4 is 0 Å². The van der Waals surface area contributed by atoms with Crippen LogP contribution in [0.2, 0.25) is 0 Å². The SMILES string of the molecule is CC(=O)OC(C)(C)CC(C)(C)N=[N+]=[N-]. The number of carbonyl (C=O) groups excluding carboxylic acids is 1. The molecule has 0 aromatic rings. The molecule has 0 saturated carbocycles. The number of hydrogen-bond acceptors (Lipinski definition) is 3. The van der Waals surface area contributed by atoms with Crippen LogP contribution in [0.15, 0.2) is 5.11 Å². The minimum absolute atomic E-state index is 0.327. The Bertz CT molecular complexity index is 265. The van der Waals surface area contributed by atoms with E-state index in [0.29, 0.717) is 6.42 Å². The maximum Gasteiger partial charge on any atom is 0.303 e. The molecule has 0 bridgehead atoms. The molecule has 0 spiro atoms. The van der Waals surface area contributed by atoms with Gasteiger partial charge in [-0.05, 0) is 25.8 Å². The van der Waals surface area contributed by atoms with Gasteiger partial charge in [-0.2, -0.15) is 0 Å². The fourth-order valence-corrected chi connectivity index (χ4v) is 1.62. The summed E-state index contributed by atoms with van der Waals surface area (Å²) in [5.74, 6) is -0.327. The van der Waals surface area contributed by atoms with Gasteiger partial charge in [0.2, 0.25) is 0 Å². The van der Waals surface area contributed by atoms with Crippen LogP contribution in [-0.2, 0) is 9.53 Å². The van der Waals surface area contributed by atoms with Gasteiger partial charge in [0, 0.05) is 17.4 Å². The van der Waals surface area contributed by atoms with Gasteiger partial charge in [0.25, 0.3) is 0 Å². The summed E-state index contributed by atoms with van der Waals surface area (Å²) in [6.45, 7) is 8.56. The number of rotatable bonds is 4. The maximum absolute atomic E-state index is 10.8. The lowest BCUT2D eigenvalue weighted by Crippen LogP contribution is -2.35. The standard InChI is InChI=1S/C9H17N3O2/c1-7(13)14-9(4,5)6-8(2,3)11-12-10/h6H2,1-5H3. The summed E-state index contributed by atoms with van der Waals surface area (Å²) >= 11 is 0. The van der Waals surface area contributed by atoms with Gasteiger partial charge in [0.15, 0.2) is 0 Å². The predicted molar refractivity (Wildman–Crippen MR) is 53.7 cm³/mol. The monoisotopic (exact) mass is 199 g/mol. The second-order valence-corrected chi connectivity index (χ2v) is 4.53. The van der Waals surface area contributed by atoms with Gasteiger partial charge in [-0.3, -0.25) is 4.79 Å². The molecule has 0 aromatic carbocycles. The number of esters is 1. The molecule has 5 nitrogen and oxygen atoms in total. The lowest BCUT2D eigenvalue weighted by Gasteiger charge is -2.31. The molecule has 0 radical (unpaired) electrons. The second-order valence-electron chi connectivity index (χ2n) is 4.53. The lowest BCUT2D eigenvalue weighted by atomic mass is 9.90. The lowest BCUT2D eigenvalue weighted by molar-refractivity contribution is -0.155. The number of carbonyl (C=O) groups is 1. The molecule has 0 aliphatic carbocycles. The molecule has 14 heavy (non-hydrogen) atoms. The molecule has 0 N–H and O–H groups in total. The Kier molecular flexibility index (Phi) is 3.95. The average molecular weight is 199 g/mol. The number of hydrogen-bond donors (Lipinski definition) is 0. The van der Waals surface area contributed by atoms with Crippen molar-refractivity contribution in [3.63, 3.8) is 0 Å². The number of nitrogens with zero attached hydrogens (tertiary/aromatic N) is 3. The van der Waals surface area contributed by atoms with Crippen LogP contribution in [-0.4, -0.2) is 17.1 Å². The Balaban J connectivity index is 4.48. The van der Waals surface area contributed by atoms with Gasteiger partial charge in [0.1, 0.15) is 5.60 Å². The fraction of sp³-hybridized carbons (Fsp3) is 0.889. The first-order valence-electron chi connectivity index (χ1n) is 4.44. The highest BCUT2D eigenvalue weighted by molar-refractivity contribution is 5.66. The van der Waals surface area contributed by atoms with Crippen molar-refractivity contribution in [2.75, 3.05) is 0 Å². The summed E-state index contributed by atoms with van der Waals surface area (Å²) < 4.78 is 5.10. The Morgan fingerprint density at radius 1 is 1.43 bits per heavy atom. The quantitative estimate of drug-likeness (QED) is 0.302. The zero-order chi connectivity index (χ0) is 11.4. The van der Waals surface area contributed by atoms with Crippen molar-refractivity contribution in [1.29, 1.82) is 0 Å². The minimum atomic E-state index is -0.608. The minimum Gasteiger partial charge on any atom is -0.460 e. The highest BCUT2D eigenvalue weighted by Crippen LogP contribution is 2.26. The van der Waals surface area contributed by atoms with E-state index in [4.69, 9.17) is 10.3 Å². The first-order chi connectivity index (χ1) is 6.18. The van der Waals surface area contributed by atoms with Crippen LogP contribution in [0, 0.1) is 0 Å². The van der Waals surface area contributed by atoms with E-state index in [2.05, 4.69) is 10.0 Å². The summed E-state index contributed by atoms with van der Waals surface area (Å²) in [5, 5.41) is 3.64. The summed E-state index contributed by atoms with van der Waals surface area (Å²) in [6.07, 6.45) is 0.490. The Morgan fingerprint density at radius 2 is 1.93 bits per heavy atom. The smallest absolute Gasteiger partial charge is 0.303 e. The van der Waals surface area contributed by atoms with E-state index >= 15 is 0 Å². The molecule has 0 aliphatic rings. The molecule has 0 aliphatic heterocycles. The van der Waals surface area contributed by atoms with Crippen molar-refractivity contribution in [2.45, 2.75) is 52.2 Å². The Hall–Kier alpha value is -1.22. The topological polar surface area (TPSA) is 75.1 Å². The summed E-state index contributed by atoms with van der Waals surface area (Å²) in [7, 11) is 0. The predicted octanol–water partition coefficient (Wildman–Crippen LogP) is 2.81. The van der Waals surface area contributed by atoms with Gasteiger partial charge in [0.05, 0.1) is 0 Å². The van der Waals surface area contributed by atoms with Crippen molar-refractivity contribution in [3.8, 4) is 0 Å². The van der Waals surface area contributed by atoms with Crippen LogP contribution in [0.1, 0.15) is 41.0 Å². The van der Waals surface area contributed by atoms with Crippen molar-refractivity contribution in [1.82, 2.24) is 0 Å². The molecule has 0 unspecified atom stereocenters. The molecule has 5 heteroatoms. The summed E-state index contributed by atoms with van der Waals surface area (Å²) in [6, 6.07) is 0. The van der Waals surface area contributed by atoms with Gasteiger partial charge >= 0.3 is 5.97 Å². The largest absolute Gasteiger partial charge is 0.460 e. The molecule has 80 valence electrons. The van der Waals surface area contributed by atoms with Gasteiger partial charge in [-0.1, -0.05) is 19.0 Å². The van der Waals surface area contributed by atoms with Crippen LogP contribution in [0.4, 0.5) is 0 Å². The van der Waals surface area contributed by atoms with E-state index in [1.165, 1.54) is 6.92 Å². The number of ether oxygens (including phenoxy) is 1. The molecule has 0 heterocycles. The van der Waals surface area contributed by atoms with Crippen LogP contribution in [0.25, 0.3) is 10.4 Å². The summed E-state index contributed by atoms with van der Waals surface area (Å²) in [4.78, 5) is 13.5. The highest BCUT2D eigenvalue weighted by atomic mass is 16.6. The van der Waals surface area contributed by atoms with E-state index in [1.807, 2.05) is 0 Å². The highest BCUT2D eigenvalue weighted by Gasteiger charge is 2.30. The van der Waals surface area contributed by atoms with E-state index in [-0.39, 0.29) is 5.97 Å². The van der Waals surface area contributed by atoms with Crippen molar-refractivity contribution in [3.05, 3.63) is 10.4 Å². The Morgan fingerprint density at radius 3 is 2.29 bits per heavy atom. The molecule has 0 fully saturated rings. The molecule has 0 amide bonds. The van der Waals surface area contributed by atoms with Crippen molar-refractivity contribution < 1.29 is 9.53 Å². The van der Waals surface area contributed by atoms with Gasteiger partial charge < -0.3 is 4.74 Å². The van der Waals surface area contributed by atoms with E-state index in [0.717, 1.165) is 0 Å². The van der Waals surface area contributed by atoms with E-state index in [9.17, 15) is 4.79 Å². The van der Waals surface area contributed by atoms with E-state index in [1.54, 1.807) is 27.7 Å². The van der Waals surface area contributed by atoms with Crippen molar-refractivity contribution in [2.24, 2.45) is 5.11 Å². The summed E-state index contributed by atoms with van der Waals surface area (Å²) in [5.41, 5.74) is 7.18. The zero-order valence-corrected chi connectivity index (χ0v) is 9.37. The second kappa shape index (κ2) is 4.33. The normalized spacial score (nSPS) is 11.8. The third-order valence-corrected chi connectivity index (χ3v) is 1.59.